The molecule has 5 nitrogen and oxygen atoms in total. The van der Waals surface area contributed by atoms with Gasteiger partial charge in [0, 0.05) is 5.69 Å². The number of carbonyl (C=O) groups is 1. The molecule has 0 radical (unpaired) electrons. The molecule has 2 aromatic carbocycles. The van der Waals surface area contributed by atoms with Gasteiger partial charge in [-0.2, -0.15) is 5.26 Å². The smallest absolute Gasteiger partial charge is 0.250 e. The van der Waals surface area contributed by atoms with Crippen LogP contribution in [0.15, 0.2) is 42.5 Å². The van der Waals surface area contributed by atoms with Crippen LogP contribution >= 0.6 is 0 Å². The summed E-state index contributed by atoms with van der Waals surface area (Å²) in [4.78, 5) is 11.4. The fourth-order valence-corrected chi connectivity index (χ4v) is 1.73. The first kappa shape index (κ1) is 12.5. The Kier molecular flexibility index (Phi) is 3.35. The maximum atomic E-state index is 11.4. The quantitative estimate of drug-likeness (QED) is 0.726. The van der Waals surface area contributed by atoms with E-state index in [0.29, 0.717) is 28.2 Å². The summed E-state index contributed by atoms with van der Waals surface area (Å²) in [7, 11) is 0. The summed E-state index contributed by atoms with van der Waals surface area (Å²) in [5.74, 6) is -0.564. The van der Waals surface area contributed by atoms with E-state index in [0.717, 1.165) is 0 Å². The Hall–Kier alpha value is -3.00. The van der Waals surface area contributed by atoms with Crippen molar-refractivity contribution in [1.29, 1.82) is 5.26 Å². The number of carbonyl (C=O) groups excluding carboxylic acids is 1. The van der Waals surface area contributed by atoms with Crippen LogP contribution in [0.4, 0.5) is 17.1 Å². The molecule has 94 valence electrons. The van der Waals surface area contributed by atoms with Crippen molar-refractivity contribution in [1.82, 2.24) is 0 Å². The van der Waals surface area contributed by atoms with Gasteiger partial charge in [-0.3, -0.25) is 4.79 Å². The van der Waals surface area contributed by atoms with E-state index in [2.05, 4.69) is 5.32 Å². The van der Waals surface area contributed by atoms with Crippen molar-refractivity contribution < 1.29 is 4.79 Å². The lowest BCUT2D eigenvalue weighted by atomic mass is 10.1. The van der Waals surface area contributed by atoms with Gasteiger partial charge in [0.25, 0.3) is 5.91 Å². The average molecular weight is 252 g/mol. The first-order chi connectivity index (χ1) is 9.11. The van der Waals surface area contributed by atoms with Crippen LogP contribution in [0.3, 0.4) is 0 Å². The Bertz CT molecular complexity index is 673. The minimum absolute atomic E-state index is 0.308. The van der Waals surface area contributed by atoms with Crippen LogP contribution < -0.4 is 16.8 Å². The van der Waals surface area contributed by atoms with Crippen LogP contribution in [0.25, 0.3) is 0 Å². The van der Waals surface area contributed by atoms with E-state index < -0.39 is 5.91 Å². The number of rotatable bonds is 3. The molecular formula is C14H12N4O. The highest BCUT2D eigenvalue weighted by atomic mass is 16.1. The normalized spacial score (nSPS) is 9.63. The number of nitrogens with one attached hydrogen (secondary N) is 1. The van der Waals surface area contributed by atoms with Crippen LogP contribution in [-0.2, 0) is 0 Å². The van der Waals surface area contributed by atoms with Gasteiger partial charge in [-0.05, 0) is 30.3 Å². The van der Waals surface area contributed by atoms with Crippen molar-refractivity contribution in [3.05, 3.63) is 53.6 Å². The molecule has 0 spiro atoms. The monoisotopic (exact) mass is 252 g/mol. The second-order valence-electron chi connectivity index (χ2n) is 3.95. The number of nitrogens with two attached hydrogens (primary N) is 2. The lowest BCUT2D eigenvalue weighted by Gasteiger charge is -2.12. The SMILES string of the molecule is N#Cc1cccc(Nc2c(N)cccc2C(N)=O)c1. The number of hydrogen-bond acceptors (Lipinski definition) is 4. The van der Waals surface area contributed by atoms with Crippen LogP contribution in [0, 0.1) is 11.3 Å². The minimum atomic E-state index is -0.564. The van der Waals surface area contributed by atoms with Gasteiger partial charge in [-0.25, -0.2) is 0 Å². The summed E-state index contributed by atoms with van der Waals surface area (Å²) >= 11 is 0. The molecule has 0 saturated carbocycles. The first-order valence-corrected chi connectivity index (χ1v) is 5.57. The number of nitriles is 1. The molecule has 2 rings (SSSR count). The van der Waals surface area contributed by atoms with Gasteiger partial charge in [-0.1, -0.05) is 12.1 Å². The van der Waals surface area contributed by atoms with E-state index in [9.17, 15) is 4.79 Å². The molecule has 0 unspecified atom stereocenters. The lowest BCUT2D eigenvalue weighted by molar-refractivity contribution is 0.100. The number of amides is 1. The second-order valence-corrected chi connectivity index (χ2v) is 3.95. The molecule has 5 heteroatoms. The van der Waals surface area contributed by atoms with Gasteiger partial charge in [0.05, 0.1) is 28.6 Å². The van der Waals surface area contributed by atoms with E-state index in [-0.39, 0.29) is 0 Å². The molecule has 0 aliphatic rings. The summed E-state index contributed by atoms with van der Waals surface area (Å²) in [5, 5.41) is 11.9. The molecule has 2 aromatic rings. The van der Waals surface area contributed by atoms with Crippen LogP contribution in [0.2, 0.25) is 0 Å². The van der Waals surface area contributed by atoms with Gasteiger partial charge in [0.2, 0.25) is 0 Å². The summed E-state index contributed by atoms with van der Waals surface area (Å²) in [6.45, 7) is 0. The molecule has 0 atom stereocenters. The number of nitrogen functional groups attached to an aromatic ring is 1. The fourth-order valence-electron chi connectivity index (χ4n) is 1.73. The molecule has 0 aliphatic heterocycles. The third-order valence-electron chi connectivity index (χ3n) is 2.62. The average Bonchev–Trinajstić information content (AvgIpc) is 2.41. The van der Waals surface area contributed by atoms with E-state index in [1.807, 2.05) is 6.07 Å². The Labute approximate surface area is 110 Å². The number of primary amides is 1. The zero-order chi connectivity index (χ0) is 13.8. The number of nitrogens with zero attached hydrogens (tertiary/aromatic N) is 1. The number of benzene rings is 2. The van der Waals surface area contributed by atoms with Crippen LogP contribution in [0.1, 0.15) is 15.9 Å². The molecule has 0 heterocycles. The molecule has 0 aliphatic carbocycles. The van der Waals surface area contributed by atoms with Crippen molar-refractivity contribution in [2.24, 2.45) is 5.73 Å². The number of para-hydroxylation sites is 1. The Balaban J connectivity index is 2.43. The molecule has 5 N–H and O–H groups in total. The van der Waals surface area contributed by atoms with E-state index >= 15 is 0 Å². The molecular weight excluding hydrogens is 240 g/mol. The lowest BCUT2D eigenvalue weighted by Crippen LogP contribution is -2.14. The Morgan fingerprint density at radius 3 is 2.63 bits per heavy atom. The second kappa shape index (κ2) is 5.10. The van der Waals surface area contributed by atoms with Crippen molar-refractivity contribution in [3.63, 3.8) is 0 Å². The zero-order valence-corrected chi connectivity index (χ0v) is 10.1. The van der Waals surface area contributed by atoms with Gasteiger partial charge >= 0.3 is 0 Å². The highest BCUT2D eigenvalue weighted by Gasteiger charge is 2.11. The summed E-state index contributed by atoms with van der Waals surface area (Å²) in [6, 6.07) is 13.8. The predicted molar refractivity (Wildman–Crippen MR) is 73.8 cm³/mol. The number of hydrogen-bond donors (Lipinski definition) is 3. The maximum absolute atomic E-state index is 11.4. The molecule has 1 amide bonds. The molecule has 0 aromatic heterocycles. The van der Waals surface area contributed by atoms with Gasteiger partial charge in [-0.15, -0.1) is 0 Å². The zero-order valence-electron chi connectivity index (χ0n) is 10.1. The van der Waals surface area contributed by atoms with Crippen LogP contribution in [-0.4, -0.2) is 5.91 Å². The van der Waals surface area contributed by atoms with Crippen molar-refractivity contribution in [2.75, 3.05) is 11.1 Å². The molecule has 0 fully saturated rings. The van der Waals surface area contributed by atoms with Gasteiger partial charge in [0.1, 0.15) is 0 Å². The highest BCUT2D eigenvalue weighted by molar-refractivity contribution is 6.02. The minimum Gasteiger partial charge on any atom is -0.397 e. The van der Waals surface area contributed by atoms with Gasteiger partial charge in [0.15, 0.2) is 0 Å². The molecule has 19 heavy (non-hydrogen) atoms. The highest BCUT2D eigenvalue weighted by Crippen LogP contribution is 2.27. The van der Waals surface area contributed by atoms with E-state index in [1.165, 1.54) is 0 Å². The summed E-state index contributed by atoms with van der Waals surface area (Å²) < 4.78 is 0. The molecule has 0 bridgehead atoms. The van der Waals surface area contributed by atoms with Crippen molar-refractivity contribution in [2.45, 2.75) is 0 Å². The first-order valence-electron chi connectivity index (χ1n) is 5.57. The summed E-state index contributed by atoms with van der Waals surface area (Å²) in [6.07, 6.45) is 0. The van der Waals surface area contributed by atoms with Gasteiger partial charge < -0.3 is 16.8 Å². The standard InChI is InChI=1S/C14H12N4O/c15-8-9-3-1-4-10(7-9)18-13-11(14(17)19)5-2-6-12(13)16/h1-7,18H,16H2,(H2,17,19). The largest absolute Gasteiger partial charge is 0.397 e. The molecule has 0 saturated heterocycles. The summed E-state index contributed by atoms with van der Waals surface area (Å²) in [5.41, 5.74) is 13.5. The topological polar surface area (TPSA) is 105 Å². The van der Waals surface area contributed by atoms with E-state index in [4.69, 9.17) is 16.7 Å². The van der Waals surface area contributed by atoms with Crippen molar-refractivity contribution >= 4 is 23.0 Å². The third kappa shape index (κ3) is 2.64. The maximum Gasteiger partial charge on any atom is 0.250 e. The van der Waals surface area contributed by atoms with Crippen molar-refractivity contribution in [3.8, 4) is 6.07 Å². The van der Waals surface area contributed by atoms with Crippen LogP contribution in [0.5, 0.6) is 0 Å². The number of anilines is 3. The third-order valence-corrected chi connectivity index (χ3v) is 2.62. The Morgan fingerprint density at radius 1 is 1.21 bits per heavy atom. The van der Waals surface area contributed by atoms with E-state index in [1.54, 1.807) is 42.5 Å². The predicted octanol–water partition coefficient (Wildman–Crippen LogP) is 1.98. The Morgan fingerprint density at radius 2 is 1.95 bits per heavy atom. The fraction of sp³-hybridized carbons (Fsp3) is 0.